The first-order valence-corrected chi connectivity index (χ1v) is 42.8. The van der Waals surface area contributed by atoms with Crippen molar-refractivity contribution >= 4 is 142 Å². The number of Topliss-reactive ketones (excluding diaryl/α,β-unsaturated/α-hetero) is 6. The lowest BCUT2D eigenvalue weighted by Gasteiger charge is -2.30. The third-order valence-corrected chi connectivity index (χ3v) is 23.2. The number of hydrogen-bond acceptors (Lipinski definition) is 26. The number of likely N-dealkylation sites (N-methyl/N-ethyl adjacent to an activating group) is 1. The number of carboxylic acids is 2. The van der Waals surface area contributed by atoms with Crippen molar-refractivity contribution in [3.63, 3.8) is 0 Å². The maximum absolute atomic E-state index is 15.6. The lowest BCUT2D eigenvalue weighted by Crippen LogP contribution is -2.52. The number of aromatic hydroxyl groups is 2. The first-order chi connectivity index (χ1) is 59.9. The van der Waals surface area contributed by atoms with E-state index in [4.69, 9.17) is 28.3 Å². The number of primary amides is 2. The second kappa shape index (κ2) is 49.5. The van der Waals surface area contributed by atoms with Crippen molar-refractivity contribution in [3.8, 4) is 11.5 Å². The molecule has 3 aromatic carbocycles. The van der Waals surface area contributed by atoms with Gasteiger partial charge < -0.3 is 100 Å². The highest BCUT2D eigenvalue weighted by molar-refractivity contribution is 7.80. The molecule has 22 N–H and O–H groups in total. The van der Waals surface area contributed by atoms with E-state index in [0.717, 1.165) is 16.7 Å². The summed E-state index contributed by atoms with van der Waals surface area (Å²) in [5.41, 5.74) is 24.2. The lowest BCUT2D eigenvalue weighted by molar-refractivity contribution is -0.151. The molecule has 1 fully saturated rings. The number of aryl methyl sites for hydroxylation is 1. The van der Waals surface area contributed by atoms with E-state index in [2.05, 4.69) is 77.8 Å². The summed E-state index contributed by atoms with van der Waals surface area (Å²) in [7, 11) is 1.22. The van der Waals surface area contributed by atoms with Crippen molar-refractivity contribution in [2.24, 2.45) is 58.4 Å². The number of phenols is 2. The van der Waals surface area contributed by atoms with E-state index in [0.29, 0.717) is 27.6 Å². The minimum Gasteiger partial charge on any atom is -0.508 e. The number of nitrogens with zero attached hydrogens (tertiary/aromatic N) is 5. The van der Waals surface area contributed by atoms with Gasteiger partial charge in [0.2, 0.25) is 47.3 Å². The van der Waals surface area contributed by atoms with Crippen LogP contribution in [-0.4, -0.2) is 254 Å². The number of hydrogen-bond donors (Lipinski definition) is 20. The van der Waals surface area contributed by atoms with Crippen LogP contribution in [0.15, 0.2) is 85.2 Å². The number of rotatable bonds is 33. The summed E-state index contributed by atoms with van der Waals surface area (Å²) in [6.45, 7) is 0.133. The molecule has 42 heteroatoms. The summed E-state index contributed by atoms with van der Waals surface area (Å²) in [6.07, 6.45) is -7.14. The second-order valence-corrected chi connectivity index (χ2v) is 32.7. The summed E-state index contributed by atoms with van der Waals surface area (Å²) in [5.74, 6) is -25.8. The average Bonchev–Trinajstić information content (AvgIpc) is 1.61. The minimum atomic E-state index is -1.92. The standard InChI is InChI=1S/C84H114N18O22S2/c1-45(103)75-71(111)38-53(39-74(114)115)81(121)102-28-8-14-64(102)70(110)35-49(9-5-25-90-83(87)88)77(117)96-63(44-126)68(108)33-48(10-6-26-91-84(89)124)76(116)95-61(32-54-41-92-59-12-4-3-11-58(54)59)67(107)34-50(19-24-72(86)112)78(118)94-60(13-7-27-101-42-55(98-99-101)31-51(79(119)97-75)36-69(109)62(43-125)93-73(113)40-85)66(106)37-52(29-46-15-20-56(104)21-16-46)80(120)100(2)65(82(122)123)30-47-17-22-57(105)23-18-47/h3-4,11-12,15-18,20-23,41-42,45,48-53,60-65,75,92,103-105,125-126H,5-10,13-14,19,24-40,43-44,85H2,1-2H3,(H2,86,112)(H,93,113)(H,94,118)(H,95,116)(H,96,117)(H,97,119)(H,114,115)(H,122,123)(H4,87,88,90)(H3,89,91,124)/t45-,48-,49-,50-,51-,52-,53+,60+,61+,62+,63+,64+,65+,75+/m1/s1. The molecular formula is C84H114N18O22S2. The highest BCUT2D eigenvalue weighted by atomic mass is 32.1. The number of carbonyl (C=O) groups is 17. The van der Waals surface area contributed by atoms with E-state index in [9.17, 15) is 83.1 Å². The number of fused-ring (bicyclic) bond motifs is 4. The number of amides is 10. The summed E-state index contributed by atoms with van der Waals surface area (Å²) < 4.78 is 1.26. The lowest BCUT2D eigenvalue weighted by atomic mass is 9.87. The molecule has 2 aromatic heterocycles. The largest absolute Gasteiger partial charge is 0.508 e. The Bertz CT molecular complexity index is 4720. The van der Waals surface area contributed by atoms with E-state index in [1.807, 2.05) is 0 Å². The summed E-state index contributed by atoms with van der Waals surface area (Å²) in [6, 6.07) is 6.29. The molecule has 0 aliphatic carbocycles. The first kappa shape index (κ1) is 101. The van der Waals surface area contributed by atoms with E-state index >= 15 is 24.0 Å². The van der Waals surface area contributed by atoms with Crippen molar-refractivity contribution in [3.05, 3.63) is 108 Å². The van der Waals surface area contributed by atoms with Crippen LogP contribution in [0.4, 0.5) is 4.79 Å². The Hall–Kier alpha value is -12.2. The van der Waals surface area contributed by atoms with E-state index < -0.39 is 266 Å². The number of guanidine groups is 1. The third kappa shape index (κ3) is 31.2. The Morgan fingerprint density at radius 3 is 1.83 bits per heavy atom. The van der Waals surface area contributed by atoms with Crippen LogP contribution in [0.1, 0.15) is 138 Å². The number of ketones is 6. The molecule has 7 rings (SSSR count). The Labute approximate surface area is 736 Å². The average molecular weight is 1790 g/mol. The van der Waals surface area contributed by atoms with Crippen molar-refractivity contribution in [1.82, 2.24) is 67.0 Å². The van der Waals surface area contributed by atoms with Crippen LogP contribution >= 0.6 is 25.3 Å². The maximum Gasteiger partial charge on any atom is 0.326 e. The van der Waals surface area contributed by atoms with Gasteiger partial charge >= 0.3 is 18.0 Å². The molecule has 2 aliphatic heterocycles. The number of thiol groups is 2. The molecule has 10 amide bonds. The zero-order chi connectivity index (χ0) is 92.6. The highest BCUT2D eigenvalue weighted by Crippen LogP contribution is 2.31. The van der Waals surface area contributed by atoms with Crippen LogP contribution in [0.5, 0.6) is 11.5 Å². The fourth-order valence-electron chi connectivity index (χ4n) is 15.5. The van der Waals surface area contributed by atoms with E-state index in [1.54, 1.807) is 30.5 Å². The van der Waals surface area contributed by atoms with Gasteiger partial charge in [0.25, 0.3) is 0 Å². The third-order valence-electron chi connectivity index (χ3n) is 22.4. The van der Waals surface area contributed by atoms with Gasteiger partial charge in [-0.05, 0) is 118 Å². The SMILES string of the molecule is C[C@@H](O)[C@@H]1NC(=O)[C@@H](CC(=O)[C@H](CS)NC(=O)CN)Cc2cn(nn2)CCC[C@@H](C(=O)C[C@@H](Cc2ccc(O)cc2)C(=O)N(C)[C@@H](Cc2ccc(O)cc2)C(=O)O)NC(=O)[C@H](CCC(N)=O)CC(=O)[C@H](Cc2c[nH]c3ccccc23)NC(=O)[C@H](CCCNC(N)=O)CC(=O)[C@H](CS)NC(=O)[C@H](CCCNC(=N)N)CC(=O)[C@@H]2CCCN2C(=O)[C@H](CC(=O)O)CC1=O. The topological polar surface area (TPSA) is 656 Å². The molecular weight excluding hydrogens is 1680 g/mol. The van der Waals surface area contributed by atoms with Gasteiger partial charge in [-0.1, -0.05) is 47.7 Å². The number of aromatic amines is 1. The molecule has 2 bridgehead atoms. The number of H-pyrrole nitrogens is 1. The predicted octanol–water partition coefficient (Wildman–Crippen LogP) is -0.335. The normalized spacial score (nSPS) is 21.9. The van der Waals surface area contributed by atoms with Gasteiger partial charge in [0, 0.05) is 156 Å². The number of nitrogens with one attached hydrogen (secondary N) is 9. The summed E-state index contributed by atoms with van der Waals surface area (Å²) in [4.78, 5) is 248. The van der Waals surface area contributed by atoms with Gasteiger partial charge in [-0.2, -0.15) is 25.3 Å². The minimum absolute atomic E-state index is 0.000288. The number of carboxylic acid groups (broad SMARTS) is 2. The zero-order valence-corrected chi connectivity index (χ0v) is 71.9. The maximum atomic E-state index is 15.6. The predicted molar refractivity (Wildman–Crippen MR) is 461 cm³/mol. The fraction of sp³-hybridized carbons (Fsp3) is 0.524. The number of aliphatic hydroxyl groups excluding tert-OH is 1. The first-order valence-electron chi connectivity index (χ1n) is 41.5. The molecule has 4 heterocycles. The smallest absolute Gasteiger partial charge is 0.326 e. The number of phenolic OH excluding ortho intramolecular Hbond substituents is 2. The van der Waals surface area contributed by atoms with Crippen LogP contribution in [0.25, 0.3) is 10.9 Å². The molecule has 0 saturated carbocycles. The molecule has 126 heavy (non-hydrogen) atoms. The Morgan fingerprint density at radius 1 is 0.667 bits per heavy atom. The number of benzene rings is 3. The number of para-hydroxylation sites is 1. The van der Waals surface area contributed by atoms with Crippen LogP contribution in [0, 0.1) is 40.9 Å². The van der Waals surface area contributed by atoms with Crippen LogP contribution in [0.2, 0.25) is 0 Å². The molecule has 2 aliphatic rings. The molecule has 40 nitrogen and oxygen atoms in total. The van der Waals surface area contributed by atoms with Gasteiger partial charge in [-0.15, -0.1) is 5.10 Å². The molecule has 0 spiro atoms. The molecule has 0 radical (unpaired) electrons. The Balaban J connectivity index is 1.36. The van der Waals surface area contributed by atoms with Gasteiger partial charge in [0.15, 0.2) is 40.7 Å². The number of aromatic nitrogens is 4. The molecule has 5 aromatic rings. The molecule has 0 unspecified atom stereocenters. The monoisotopic (exact) mass is 1790 g/mol. The number of nitrogens with two attached hydrogens (primary N) is 4. The molecule has 1 saturated heterocycles. The fourth-order valence-corrected chi connectivity index (χ4v) is 16.1. The summed E-state index contributed by atoms with van der Waals surface area (Å²) in [5, 5.41) is 87.5. The van der Waals surface area contributed by atoms with Crippen LogP contribution in [-0.2, 0) is 109 Å². The Kier molecular flexibility index (Phi) is 39.6. The van der Waals surface area contributed by atoms with E-state index in [1.165, 1.54) is 66.5 Å². The number of carbonyl (C=O) groups excluding carboxylic acids is 15. The quantitative estimate of drug-likeness (QED) is 0.0111. The van der Waals surface area contributed by atoms with Crippen LogP contribution < -0.4 is 60.2 Å². The number of aliphatic carboxylic acids is 2. The van der Waals surface area contributed by atoms with Crippen molar-refractivity contribution in [2.45, 2.75) is 197 Å². The second-order valence-electron chi connectivity index (χ2n) is 31.9. The number of aliphatic hydroxyl groups is 1. The zero-order valence-electron chi connectivity index (χ0n) is 70.1. The van der Waals surface area contributed by atoms with Crippen molar-refractivity contribution < 1.29 is 107 Å². The van der Waals surface area contributed by atoms with E-state index in [-0.39, 0.29) is 120 Å². The van der Waals surface area contributed by atoms with Gasteiger partial charge in [0.05, 0.1) is 66.8 Å². The van der Waals surface area contributed by atoms with Crippen molar-refractivity contribution in [2.75, 3.05) is 44.7 Å². The van der Waals surface area contributed by atoms with Crippen LogP contribution in [0.3, 0.4) is 0 Å². The van der Waals surface area contributed by atoms with Gasteiger partial charge in [0.1, 0.15) is 23.6 Å². The van der Waals surface area contributed by atoms with Crippen molar-refractivity contribution in [1.29, 1.82) is 5.41 Å². The summed E-state index contributed by atoms with van der Waals surface area (Å²) >= 11 is 8.67. The Morgan fingerprint density at radius 2 is 1.24 bits per heavy atom. The highest BCUT2D eigenvalue weighted by Gasteiger charge is 2.44. The molecule has 14 atom stereocenters. The van der Waals surface area contributed by atoms with Gasteiger partial charge in [-0.25, -0.2) is 9.59 Å². The number of urea groups is 1. The van der Waals surface area contributed by atoms with Gasteiger partial charge in [-0.3, -0.25) is 82.0 Å². The molecule has 684 valence electrons.